The summed E-state index contributed by atoms with van der Waals surface area (Å²) in [7, 11) is 0. The number of carbonyl (C=O) groups is 1. The van der Waals surface area contributed by atoms with Crippen LogP contribution in [0.15, 0.2) is 18.2 Å². The molecular weight excluding hydrogens is 271 g/mol. The molecule has 1 aromatic carbocycles. The fourth-order valence-corrected chi connectivity index (χ4v) is 2.83. The summed E-state index contributed by atoms with van der Waals surface area (Å²) in [5.74, 6) is -0.826. The molecule has 0 aromatic heterocycles. The van der Waals surface area contributed by atoms with Gasteiger partial charge in [-0.1, -0.05) is 13.8 Å². The van der Waals surface area contributed by atoms with Gasteiger partial charge in [-0.2, -0.15) is 0 Å². The smallest absolute Gasteiger partial charge is 0.251 e. The number of nitrogens with one attached hydrogen (secondary N) is 1. The third kappa shape index (κ3) is 3.53. The maximum Gasteiger partial charge on any atom is 0.251 e. The normalized spacial score (nSPS) is 21.0. The molecule has 0 aliphatic carbocycles. The lowest BCUT2D eigenvalue weighted by Crippen LogP contribution is -2.48. The summed E-state index contributed by atoms with van der Waals surface area (Å²) in [4.78, 5) is 12.2. The fourth-order valence-electron chi connectivity index (χ4n) is 2.83. The van der Waals surface area contributed by atoms with E-state index in [2.05, 4.69) is 19.2 Å². The molecule has 1 atom stereocenters. The van der Waals surface area contributed by atoms with Crippen LogP contribution in [0.4, 0.5) is 10.1 Å². The van der Waals surface area contributed by atoms with E-state index in [9.17, 15) is 9.18 Å². The summed E-state index contributed by atoms with van der Waals surface area (Å²) in [6.45, 7) is 4.84. The average molecular weight is 294 g/mol. The lowest BCUT2D eigenvalue weighted by atomic mass is 9.86. The predicted molar refractivity (Wildman–Crippen MR) is 80.6 cm³/mol. The molecule has 116 valence electrons. The Morgan fingerprint density at radius 2 is 2.19 bits per heavy atom. The van der Waals surface area contributed by atoms with E-state index in [-0.39, 0.29) is 23.2 Å². The molecule has 3 N–H and O–H groups in total. The maximum absolute atomic E-state index is 13.4. The summed E-state index contributed by atoms with van der Waals surface area (Å²) < 4.78 is 19.3. The van der Waals surface area contributed by atoms with E-state index in [1.54, 1.807) is 6.07 Å². The molecule has 4 nitrogen and oxygen atoms in total. The van der Waals surface area contributed by atoms with Crippen molar-refractivity contribution < 1.29 is 13.9 Å². The van der Waals surface area contributed by atoms with Crippen molar-refractivity contribution >= 4 is 11.6 Å². The van der Waals surface area contributed by atoms with Gasteiger partial charge in [0.1, 0.15) is 5.82 Å². The molecule has 1 aliphatic heterocycles. The number of amides is 1. The van der Waals surface area contributed by atoms with Crippen molar-refractivity contribution in [3.63, 3.8) is 0 Å². The summed E-state index contributed by atoms with van der Waals surface area (Å²) in [6.07, 6.45) is 3.42. The van der Waals surface area contributed by atoms with Gasteiger partial charge in [0.05, 0.1) is 11.3 Å². The molecule has 0 spiro atoms. The Kier molecular flexibility index (Phi) is 4.83. The monoisotopic (exact) mass is 294 g/mol. The van der Waals surface area contributed by atoms with Gasteiger partial charge in [-0.3, -0.25) is 4.79 Å². The lowest BCUT2D eigenvalue weighted by molar-refractivity contribution is -0.0917. The minimum absolute atomic E-state index is 0.0496. The highest BCUT2D eigenvalue weighted by atomic mass is 19.1. The number of benzene rings is 1. The summed E-state index contributed by atoms with van der Waals surface area (Å²) >= 11 is 0. The summed E-state index contributed by atoms with van der Waals surface area (Å²) in [5, 5.41) is 2.98. The third-order valence-electron chi connectivity index (χ3n) is 4.38. The second kappa shape index (κ2) is 6.43. The minimum atomic E-state index is -0.564. The Labute approximate surface area is 124 Å². The van der Waals surface area contributed by atoms with Crippen LogP contribution in [0.3, 0.4) is 0 Å². The van der Waals surface area contributed by atoms with Gasteiger partial charge in [0.2, 0.25) is 0 Å². The standard InChI is InChI=1S/C16H23FN2O2/c1-3-16(4-2)10-12(7-8-21-16)19-15(20)11-5-6-14(18)13(17)9-11/h5-6,9,12H,3-4,7-8,10,18H2,1-2H3,(H,19,20). The van der Waals surface area contributed by atoms with Crippen LogP contribution in [0.5, 0.6) is 0 Å². The van der Waals surface area contributed by atoms with Crippen LogP contribution in [0.25, 0.3) is 0 Å². The van der Waals surface area contributed by atoms with Crippen molar-refractivity contribution in [1.29, 1.82) is 0 Å². The average Bonchev–Trinajstić information content (AvgIpc) is 2.50. The largest absolute Gasteiger partial charge is 0.396 e. The van der Waals surface area contributed by atoms with Crippen LogP contribution in [0, 0.1) is 5.82 Å². The molecule has 1 aliphatic rings. The third-order valence-corrected chi connectivity index (χ3v) is 4.38. The van der Waals surface area contributed by atoms with Gasteiger partial charge in [-0.05, 0) is 43.9 Å². The number of carbonyl (C=O) groups excluding carboxylic acids is 1. The molecule has 1 amide bonds. The highest BCUT2D eigenvalue weighted by molar-refractivity contribution is 5.94. The van der Waals surface area contributed by atoms with Crippen LogP contribution < -0.4 is 11.1 Å². The van der Waals surface area contributed by atoms with Crippen molar-refractivity contribution in [2.24, 2.45) is 0 Å². The van der Waals surface area contributed by atoms with Crippen molar-refractivity contribution in [3.8, 4) is 0 Å². The van der Waals surface area contributed by atoms with Crippen LogP contribution in [0.2, 0.25) is 0 Å². The quantitative estimate of drug-likeness (QED) is 0.839. The molecule has 1 heterocycles. The van der Waals surface area contributed by atoms with E-state index >= 15 is 0 Å². The molecule has 1 unspecified atom stereocenters. The first-order chi connectivity index (χ1) is 9.99. The molecule has 2 rings (SSSR count). The number of halogens is 1. The lowest BCUT2D eigenvalue weighted by Gasteiger charge is -2.40. The highest BCUT2D eigenvalue weighted by Gasteiger charge is 2.35. The second-order valence-electron chi connectivity index (χ2n) is 5.64. The zero-order chi connectivity index (χ0) is 15.5. The molecule has 21 heavy (non-hydrogen) atoms. The van der Waals surface area contributed by atoms with Gasteiger partial charge in [0, 0.05) is 18.2 Å². The molecule has 1 saturated heterocycles. The first-order valence-corrected chi connectivity index (χ1v) is 7.49. The molecule has 5 heteroatoms. The number of ether oxygens (including phenoxy) is 1. The minimum Gasteiger partial charge on any atom is -0.396 e. The summed E-state index contributed by atoms with van der Waals surface area (Å²) in [6, 6.07) is 4.19. The zero-order valence-corrected chi connectivity index (χ0v) is 12.6. The second-order valence-corrected chi connectivity index (χ2v) is 5.64. The van der Waals surface area contributed by atoms with Crippen LogP contribution in [-0.2, 0) is 4.74 Å². The maximum atomic E-state index is 13.4. The van der Waals surface area contributed by atoms with E-state index in [1.807, 2.05) is 0 Å². The number of hydrogen-bond donors (Lipinski definition) is 2. The summed E-state index contributed by atoms with van der Waals surface area (Å²) in [5.41, 5.74) is 5.62. The van der Waals surface area contributed by atoms with Crippen LogP contribution in [-0.4, -0.2) is 24.2 Å². The van der Waals surface area contributed by atoms with Crippen molar-refractivity contribution in [1.82, 2.24) is 5.32 Å². The SMILES string of the molecule is CCC1(CC)CC(NC(=O)c2ccc(N)c(F)c2)CCO1. The molecular formula is C16H23FN2O2. The molecule has 1 aromatic rings. The number of nitrogens with two attached hydrogens (primary N) is 1. The van der Waals surface area contributed by atoms with E-state index < -0.39 is 5.82 Å². The van der Waals surface area contributed by atoms with E-state index in [0.717, 1.165) is 25.7 Å². The highest BCUT2D eigenvalue weighted by Crippen LogP contribution is 2.31. The fraction of sp³-hybridized carbons (Fsp3) is 0.562. The van der Waals surface area contributed by atoms with Crippen molar-refractivity contribution in [2.45, 2.75) is 51.2 Å². The number of anilines is 1. The van der Waals surface area contributed by atoms with Crippen molar-refractivity contribution in [2.75, 3.05) is 12.3 Å². The Balaban J connectivity index is 2.03. The van der Waals surface area contributed by atoms with Gasteiger partial charge in [0.15, 0.2) is 0 Å². The Morgan fingerprint density at radius 3 is 2.81 bits per heavy atom. The number of nitrogen functional groups attached to an aromatic ring is 1. The Morgan fingerprint density at radius 1 is 1.48 bits per heavy atom. The molecule has 1 fully saturated rings. The molecule has 0 radical (unpaired) electrons. The van der Waals surface area contributed by atoms with E-state index in [0.29, 0.717) is 12.2 Å². The number of hydrogen-bond acceptors (Lipinski definition) is 3. The van der Waals surface area contributed by atoms with Gasteiger partial charge >= 0.3 is 0 Å². The van der Waals surface area contributed by atoms with Crippen LogP contribution >= 0.6 is 0 Å². The van der Waals surface area contributed by atoms with Crippen molar-refractivity contribution in [3.05, 3.63) is 29.6 Å². The van der Waals surface area contributed by atoms with Gasteiger partial charge in [-0.15, -0.1) is 0 Å². The Hall–Kier alpha value is -1.62. The first-order valence-electron chi connectivity index (χ1n) is 7.49. The topological polar surface area (TPSA) is 64.4 Å². The Bertz CT molecular complexity index is 515. The molecule has 0 bridgehead atoms. The van der Waals surface area contributed by atoms with E-state index in [1.165, 1.54) is 12.1 Å². The van der Waals surface area contributed by atoms with Gasteiger partial charge in [0.25, 0.3) is 5.91 Å². The number of rotatable bonds is 4. The predicted octanol–water partition coefficient (Wildman–Crippen LogP) is 2.88. The van der Waals surface area contributed by atoms with E-state index in [4.69, 9.17) is 10.5 Å². The van der Waals surface area contributed by atoms with Crippen LogP contribution in [0.1, 0.15) is 49.9 Å². The first kappa shape index (κ1) is 15.8. The van der Waals surface area contributed by atoms with Gasteiger partial charge in [-0.25, -0.2) is 4.39 Å². The van der Waals surface area contributed by atoms with Gasteiger partial charge < -0.3 is 15.8 Å². The zero-order valence-electron chi connectivity index (χ0n) is 12.6. The molecule has 0 saturated carbocycles.